The molecule has 0 bridgehead atoms. The lowest BCUT2D eigenvalue weighted by Gasteiger charge is -2.19. The van der Waals surface area contributed by atoms with Crippen LogP contribution in [0.5, 0.6) is 0 Å². The molecule has 0 saturated carbocycles. The van der Waals surface area contributed by atoms with Crippen LogP contribution in [0.1, 0.15) is 32.0 Å². The monoisotopic (exact) mass is 273 g/mol. The summed E-state index contributed by atoms with van der Waals surface area (Å²) in [7, 11) is 1.97. The molecule has 20 heavy (non-hydrogen) atoms. The van der Waals surface area contributed by atoms with Gasteiger partial charge in [0, 0.05) is 24.8 Å². The van der Waals surface area contributed by atoms with E-state index in [-0.39, 0.29) is 5.54 Å². The van der Waals surface area contributed by atoms with Crippen molar-refractivity contribution in [1.29, 1.82) is 0 Å². The summed E-state index contributed by atoms with van der Waals surface area (Å²) in [5.74, 6) is 0. The first kappa shape index (κ1) is 14.6. The molecule has 0 amide bonds. The van der Waals surface area contributed by atoms with Gasteiger partial charge in [0.2, 0.25) is 0 Å². The molecule has 1 N–H and O–H groups in total. The fourth-order valence-electron chi connectivity index (χ4n) is 1.93. The van der Waals surface area contributed by atoms with Crippen molar-refractivity contribution in [3.05, 3.63) is 41.8 Å². The van der Waals surface area contributed by atoms with Gasteiger partial charge in [-0.25, -0.2) is 0 Å². The fraction of sp³-hybridized carbons (Fsp3) is 0.438. The van der Waals surface area contributed by atoms with Crippen LogP contribution in [0.4, 0.5) is 11.7 Å². The number of nitrogens with zero attached hydrogens (tertiary/aromatic N) is 2. The van der Waals surface area contributed by atoms with E-state index in [1.165, 1.54) is 5.56 Å². The molecule has 108 valence electrons. The first-order valence-electron chi connectivity index (χ1n) is 6.85. The van der Waals surface area contributed by atoms with Gasteiger partial charge in [-0.2, -0.15) is 4.98 Å². The third kappa shape index (κ3) is 3.61. The van der Waals surface area contributed by atoms with Crippen LogP contribution in [0.25, 0.3) is 0 Å². The third-order valence-corrected chi connectivity index (χ3v) is 3.10. The number of nitrogens with one attached hydrogen (secondary N) is 1. The topological polar surface area (TPSA) is 41.3 Å². The van der Waals surface area contributed by atoms with Crippen LogP contribution in [0.15, 0.2) is 34.9 Å². The Morgan fingerprint density at radius 2 is 1.95 bits per heavy atom. The van der Waals surface area contributed by atoms with Gasteiger partial charge < -0.3 is 9.73 Å². The average Bonchev–Trinajstić information content (AvgIpc) is 2.84. The van der Waals surface area contributed by atoms with E-state index >= 15 is 0 Å². The Balaban J connectivity index is 2.11. The molecule has 0 radical (unpaired) electrons. The molecule has 4 nitrogen and oxygen atoms in total. The predicted octanol–water partition coefficient (Wildman–Crippen LogP) is 3.64. The molecule has 0 unspecified atom stereocenters. The Labute approximate surface area is 120 Å². The normalized spacial score (nSPS) is 11.7. The Bertz CT molecular complexity index is 569. The lowest BCUT2D eigenvalue weighted by Crippen LogP contribution is -2.35. The van der Waals surface area contributed by atoms with Crippen molar-refractivity contribution in [3.8, 4) is 0 Å². The van der Waals surface area contributed by atoms with Crippen LogP contribution in [0.2, 0.25) is 0 Å². The van der Waals surface area contributed by atoms with Crippen LogP contribution in [-0.2, 0) is 6.54 Å². The van der Waals surface area contributed by atoms with Crippen molar-refractivity contribution in [2.45, 2.75) is 39.8 Å². The van der Waals surface area contributed by atoms with E-state index in [9.17, 15) is 0 Å². The molecule has 1 aromatic carbocycles. The van der Waals surface area contributed by atoms with Crippen LogP contribution >= 0.6 is 0 Å². The van der Waals surface area contributed by atoms with E-state index in [0.717, 1.165) is 11.4 Å². The SMILES string of the molecule is Cc1ccccc1N(C)c1nc(CNC(C)(C)C)co1. The average molecular weight is 273 g/mol. The number of aryl methyl sites for hydroxylation is 1. The van der Waals surface area contributed by atoms with E-state index in [2.05, 4.69) is 50.1 Å². The second-order valence-electron chi connectivity index (χ2n) is 6.07. The van der Waals surface area contributed by atoms with E-state index in [0.29, 0.717) is 12.6 Å². The van der Waals surface area contributed by atoms with Crippen LogP contribution in [0, 0.1) is 6.92 Å². The van der Waals surface area contributed by atoms with Crippen LogP contribution < -0.4 is 10.2 Å². The van der Waals surface area contributed by atoms with Gasteiger partial charge in [0.1, 0.15) is 6.26 Å². The molecule has 0 fully saturated rings. The zero-order valence-corrected chi connectivity index (χ0v) is 12.9. The van der Waals surface area contributed by atoms with E-state index < -0.39 is 0 Å². The molecule has 1 heterocycles. The zero-order valence-electron chi connectivity index (χ0n) is 12.9. The zero-order chi connectivity index (χ0) is 14.8. The second-order valence-corrected chi connectivity index (χ2v) is 6.07. The summed E-state index contributed by atoms with van der Waals surface area (Å²) < 4.78 is 5.58. The molecule has 0 aliphatic carbocycles. The number of rotatable bonds is 4. The quantitative estimate of drug-likeness (QED) is 0.923. The molecular formula is C16H23N3O. The molecule has 0 saturated heterocycles. The molecular weight excluding hydrogens is 250 g/mol. The van der Waals surface area contributed by atoms with E-state index in [1.54, 1.807) is 6.26 Å². The van der Waals surface area contributed by atoms with Gasteiger partial charge in [0.25, 0.3) is 0 Å². The van der Waals surface area contributed by atoms with E-state index in [4.69, 9.17) is 4.42 Å². The molecule has 2 aromatic rings. The van der Waals surface area contributed by atoms with Crippen molar-refractivity contribution < 1.29 is 4.42 Å². The van der Waals surface area contributed by atoms with Gasteiger partial charge in [-0.15, -0.1) is 0 Å². The maximum absolute atomic E-state index is 5.58. The van der Waals surface area contributed by atoms with Gasteiger partial charge >= 0.3 is 6.01 Å². The molecule has 0 aliphatic rings. The Morgan fingerprint density at radius 3 is 2.60 bits per heavy atom. The lowest BCUT2D eigenvalue weighted by atomic mass is 10.1. The maximum atomic E-state index is 5.58. The highest BCUT2D eigenvalue weighted by atomic mass is 16.4. The summed E-state index contributed by atoms with van der Waals surface area (Å²) >= 11 is 0. The number of anilines is 2. The first-order chi connectivity index (χ1) is 9.37. The molecule has 1 aromatic heterocycles. The van der Waals surface area contributed by atoms with Gasteiger partial charge in [-0.3, -0.25) is 4.90 Å². The largest absolute Gasteiger partial charge is 0.431 e. The van der Waals surface area contributed by atoms with Crippen molar-refractivity contribution in [1.82, 2.24) is 10.3 Å². The first-order valence-corrected chi connectivity index (χ1v) is 6.85. The molecule has 0 aliphatic heterocycles. The number of hydrogen-bond acceptors (Lipinski definition) is 4. The minimum atomic E-state index is 0.0705. The van der Waals surface area contributed by atoms with Gasteiger partial charge in [0.05, 0.1) is 5.69 Å². The smallest absolute Gasteiger partial charge is 0.301 e. The van der Waals surface area contributed by atoms with Gasteiger partial charge in [0.15, 0.2) is 0 Å². The molecule has 0 atom stereocenters. The number of benzene rings is 1. The van der Waals surface area contributed by atoms with Crippen molar-refractivity contribution >= 4 is 11.7 Å². The highest BCUT2D eigenvalue weighted by Gasteiger charge is 2.14. The van der Waals surface area contributed by atoms with Crippen LogP contribution in [-0.4, -0.2) is 17.6 Å². The Hall–Kier alpha value is -1.81. The molecule has 0 spiro atoms. The standard InChI is InChI=1S/C16H23N3O/c1-12-8-6-7-9-14(12)19(5)15-18-13(11-20-15)10-17-16(2,3)4/h6-9,11,17H,10H2,1-5H3. The predicted molar refractivity (Wildman–Crippen MR) is 82.3 cm³/mol. The van der Waals surface area contributed by atoms with Gasteiger partial charge in [-0.05, 0) is 39.3 Å². The van der Waals surface area contributed by atoms with E-state index in [1.807, 2.05) is 24.1 Å². The summed E-state index contributed by atoms with van der Waals surface area (Å²) in [5, 5.41) is 3.40. The van der Waals surface area contributed by atoms with Crippen LogP contribution in [0.3, 0.4) is 0 Å². The maximum Gasteiger partial charge on any atom is 0.301 e. The third-order valence-electron chi connectivity index (χ3n) is 3.10. The summed E-state index contributed by atoms with van der Waals surface area (Å²) in [6.45, 7) is 9.18. The minimum absolute atomic E-state index is 0.0705. The number of aromatic nitrogens is 1. The second kappa shape index (κ2) is 5.67. The summed E-state index contributed by atoms with van der Waals surface area (Å²) in [5.41, 5.74) is 3.28. The van der Waals surface area contributed by atoms with Crippen molar-refractivity contribution in [2.75, 3.05) is 11.9 Å². The summed E-state index contributed by atoms with van der Waals surface area (Å²) in [4.78, 5) is 6.50. The molecule has 2 rings (SSSR count). The Morgan fingerprint density at radius 1 is 1.25 bits per heavy atom. The fourth-order valence-corrected chi connectivity index (χ4v) is 1.93. The highest BCUT2D eigenvalue weighted by molar-refractivity contribution is 5.59. The lowest BCUT2D eigenvalue weighted by molar-refractivity contribution is 0.421. The summed E-state index contributed by atoms with van der Waals surface area (Å²) in [6.07, 6.45) is 1.71. The number of oxazole rings is 1. The minimum Gasteiger partial charge on any atom is -0.431 e. The van der Waals surface area contributed by atoms with Crippen molar-refractivity contribution in [3.63, 3.8) is 0 Å². The number of para-hydroxylation sites is 1. The number of hydrogen-bond donors (Lipinski definition) is 1. The Kier molecular flexibility index (Phi) is 4.14. The van der Waals surface area contributed by atoms with Crippen molar-refractivity contribution in [2.24, 2.45) is 0 Å². The highest BCUT2D eigenvalue weighted by Crippen LogP contribution is 2.25. The van der Waals surface area contributed by atoms with Gasteiger partial charge in [-0.1, -0.05) is 18.2 Å². The summed E-state index contributed by atoms with van der Waals surface area (Å²) in [6, 6.07) is 8.80. The molecule has 4 heteroatoms.